The van der Waals surface area contributed by atoms with Crippen molar-refractivity contribution >= 4 is 17.5 Å². The molecule has 1 saturated carbocycles. The fourth-order valence-electron chi connectivity index (χ4n) is 5.87. The number of nitrogens with zero attached hydrogens (tertiary/aromatic N) is 2. The molecule has 4 unspecified atom stereocenters. The van der Waals surface area contributed by atoms with Gasteiger partial charge in [-0.05, 0) is 94.0 Å². The van der Waals surface area contributed by atoms with Gasteiger partial charge in [-0.25, -0.2) is 9.78 Å². The maximum atomic E-state index is 13.6. The van der Waals surface area contributed by atoms with Crippen molar-refractivity contribution in [3.8, 4) is 0 Å². The third-order valence-corrected chi connectivity index (χ3v) is 8.28. The van der Waals surface area contributed by atoms with Crippen molar-refractivity contribution in [3.05, 3.63) is 88.3 Å². The number of aliphatic hydroxyl groups is 1. The summed E-state index contributed by atoms with van der Waals surface area (Å²) in [6.45, 7) is 9.74. The molecule has 1 amide bonds. The second kappa shape index (κ2) is 13.8. The van der Waals surface area contributed by atoms with Gasteiger partial charge < -0.3 is 19.9 Å². The standard InChI is InChI=1S/C33H37F6N3O4/c1-6-28(45-5)26(12-18(3)20-8-9-24(43)15-20)25-10-11-29(40-7-2)41-27(25)17-42-19(4)30(46-31(42)44)21-13-22(32(34,35)36)16-23(14-21)33(37,38)39/h6,10-14,16,19-20,24,30,43H,3,7-9,15,17H2,1-2,4-5H3,(H,40,41). The van der Waals surface area contributed by atoms with Gasteiger partial charge in [0.1, 0.15) is 17.7 Å². The number of carbonyl (C=O) groups is 1. The van der Waals surface area contributed by atoms with Gasteiger partial charge in [-0.1, -0.05) is 12.2 Å². The molecule has 4 atom stereocenters. The largest absolute Gasteiger partial charge is 0.496 e. The smallest absolute Gasteiger partial charge is 0.416 e. The Morgan fingerprint density at radius 3 is 2.33 bits per heavy atom. The number of hydrogen-bond donors (Lipinski definition) is 2. The Morgan fingerprint density at radius 1 is 1.15 bits per heavy atom. The van der Waals surface area contributed by atoms with E-state index in [2.05, 4.69) is 11.9 Å². The van der Waals surface area contributed by atoms with E-state index in [1.165, 1.54) is 18.9 Å². The predicted octanol–water partition coefficient (Wildman–Crippen LogP) is 8.28. The number of methoxy groups -OCH3 is 1. The molecule has 250 valence electrons. The average molecular weight is 654 g/mol. The number of hydrogen-bond acceptors (Lipinski definition) is 6. The van der Waals surface area contributed by atoms with Crippen LogP contribution in [0, 0.1) is 5.92 Å². The minimum absolute atomic E-state index is 0.0355. The van der Waals surface area contributed by atoms with Crippen LogP contribution in [0.15, 0.2) is 60.4 Å². The number of aliphatic hydroxyl groups excluding tert-OH is 1. The van der Waals surface area contributed by atoms with Crippen molar-refractivity contribution in [3.63, 3.8) is 0 Å². The first-order chi connectivity index (χ1) is 21.6. The first-order valence-electron chi connectivity index (χ1n) is 14.9. The molecule has 2 N–H and O–H groups in total. The Morgan fingerprint density at radius 2 is 1.80 bits per heavy atom. The van der Waals surface area contributed by atoms with Crippen LogP contribution in [0.3, 0.4) is 0 Å². The number of halogens is 6. The number of carbonyl (C=O) groups excluding carboxylic acids is 1. The van der Waals surface area contributed by atoms with Gasteiger partial charge in [0.2, 0.25) is 0 Å². The number of amides is 1. The number of pyridine rings is 1. The molecule has 2 fully saturated rings. The topological polar surface area (TPSA) is 83.9 Å². The first kappa shape index (κ1) is 34.9. The van der Waals surface area contributed by atoms with Crippen LogP contribution < -0.4 is 5.32 Å². The number of anilines is 1. The molecule has 1 saturated heterocycles. The molecule has 13 heteroatoms. The molecule has 1 aromatic heterocycles. The van der Waals surface area contributed by atoms with Crippen LogP contribution in [0.2, 0.25) is 0 Å². The predicted molar refractivity (Wildman–Crippen MR) is 160 cm³/mol. The minimum atomic E-state index is -5.05. The lowest BCUT2D eigenvalue weighted by Crippen LogP contribution is -2.32. The zero-order valence-electron chi connectivity index (χ0n) is 25.9. The third-order valence-electron chi connectivity index (χ3n) is 8.28. The summed E-state index contributed by atoms with van der Waals surface area (Å²) in [5.41, 5.74) is -1.10. The van der Waals surface area contributed by atoms with E-state index in [0.29, 0.717) is 59.9 Å². The molecule has 1 aliphatic heterocycles. The third kappa shape index (κ3) is 7.68. The number of rotatable bonds is 10. The number of alkyl halides is 6. The molecule has 4 rings (SSSR count). The quantitative estimate of drug-likeness (QED) is 0.153. The zero-order valence-corrected chi connectivity index (χ0v) is 25.9. The van der Waals surface area contributed by atoms with Crippen LogP contribution in [0.5, 0.6) is 0 Å². The second-order valence-electron chi connectivity index (χ2n) is 11.4. The van der Waals surface area contributed by atoms with Crippen molar-refractivity contribution in [2.45, 2.75) is 77.2 Å². The fourth-order valence-corrected chi connectivity index (χ4v) is 5.87. The average Bonchev–Trinajstić information content (AvgIpc) is 3.55. The molecule has 46 heavy (non-hydrogen) atoms. The Bertz CT molecular complexity index is 1490. The highest BCUT2D eigenvalue weighted by Gasteiger charge is 2.43. The lowest BCUT2D eigenvalue weighted by atomic mass is 9.92. The van der Waals surface area contributed by atoms with Crippen molar-refractivity contribution in [2.75, 3.05) is 19.0 Å². The molecular weight excluding hydrogens is 616 g/mol. The number of cyclic esters (lactones) is 1. The summed E-state index contributed by atoms with van der Waals surface area (Å²) in [6, 6.07) is 3.76. The van der Waals surface area contributed by atoms with Crippen LogP contribution in [0.4, 0.5) is 37.0 Å². The van der Waals surface area contributed by atoms with Crippen molar-refractivity contribution in [2.24, 2.45) is 5.92 Å². The molecule has 2 heterocycles. The van der Waals surface area contributed by atoms with Crippen LogP contribution in [-0.2, 0) is 28.4 Å². The molecule has 2 aromatic rings. The summed E-state index contributed by atoms with van der Waals surface area (Å²) in [5, 5.41) is 13.2. The molecule has 0 spiro atoms. The highest BCUT2D eigenvalue weighted by atomic mass is 19.4. The maximum Gasteiger partial charge on any atom is 0.416 e. The lowest BCUT2D eigenvalue weighted by Gasteiger charge is -2.24. The number of nitrogens with one attached hydrogen (secondary N) is 1. The molecule has 7 nitrogen and oxygen atoms in total. The van der Waals surface area contributed by atoms with Gasteiger partial charge in [-0.15, -0.1) is 0 Å². The molecule has 1 aliphatic carbocycles. The van der Waals surface area contributed by atoms with Gasteiger partial charge in [-0.2, -0.15) is 26.3 Å². The van der Waals surface area contributed by atoms with Gasteiger partial charge >= 0.3 is 18.4 Å². The molecule has 0 bridgehead atoms. The lowest BCUT2D eigenvalue weighted by molar-refractivity contribution is -0.143. The Balaban J connectivity index is 1.76. The summed E-state index contributed by atoms with van der Waals surface area (Å²) in [6.07, 6.45) is -7.27. The molecule has 0 radical (unpaired) electrons. The SMILES string of the molecule is C=C(C=C(C(=CC)OC)c1ccc(NCC)nc1CN1C(=O)OC(c2cc(C(F)(F)F)cc(C(F)(F)F)c2)C1C)C1CCC(O)C1. The van der Waals surface area contributed by atoms with Gasteiger partial charge in [0.05, 0.1) is 42.6 Å². The van der Waals surface area contributed by atoms with E-state index in [1.807, 2.05) is 13.0 Å². The highest BCUT2D eigenvalue weighted by molar-refractivity contribution is 5.81. The van der Waals surface area contributed by atoms with Crippen LogP contribution in [0.1, 0.15) is 74.1 Å². The summed E-state index contributed by atoms with van der Waals surface area (Å²) < 4.78 is 92.5. The van der Waals surface area contributed by atoms with E-state index in [4.69, 9.17) is 14.5 Å². The normalized spacial score (nSPS) is 22.7. The van der Waals surface area contributed by atoms with E-state index in [9.17, 15) is 36.2 Å². The minimum Gasteiger partial charge on any atom is -0.496 e. The summed E-state index contributed by atoms with van der Waals surface area (Å²) in [4.78, 5) is 19.1. The molecule has 1 aromatic carbocycles. The first-order valence-corrected chi connectivity index (χ1v) is 14.9. The van der Waals surface area contributed by atoms with E-state index in [1.54, 1.807) is 25.1 Å². The van der Waals surface area contributed by atoms with Crippen molar-refractivity contribution in [1.82, 2.24) is 9.88 Å². The van der Waals surface area contributed by atoms with Gasteiger partial charge in [0, 0.05) is 17.7 Å². The maximum absolute atomic E-state index is 13.6. The number of benzene rings is 1. The Labute approximate surface area is 263 Å². The Kier molecular flexibility index (Phi) is 10.4. The monoisotopic (exact) mass is 653 g/mol. The summed E-state index contributed by atoms with van der Waals surface area (Å²) in [7, 11) is 1.50. The summed E-state index contributed by atoms with van der Waals surface area (Å²) >= 11 is 0. The van der Waals surface area contributed by atoms with E-state index in [0.717, 1.165) is 12.0 Å². The van der Waals surface area contributed by atoms with Crippen LogP contribution in [-0.4, -0.2) is 46.9 Å². The van der Waals surface area contributed by atoms with E-state index >= 15 is 0 Å². The number of allylic oxidation sites excluding steroid dienone is 4. The van der Waals surface area contributed by atoms with Crippen molar-refractivity contribution in [1.29, 1.82) is 0 Å². The van der Waals surface area contributed by atoms with Gasteiger partial charge in [0.15, 0.2) is 0 Å². The summed E-state index contributed by atoms with van der Waals surface area (Å²) in [5.74, 6) is 1.01. The van der Waals surface area contributed by atoms with Gasteiger partial charge in [-0.3, -0.25) is 4.90 Å². The van der Waals surface area contributed by atoms with Crippen LogP contribution in [0.25, 0.3) is 5.57 Å². The number of aromatic nitrogens is 1. The zero-order chi connectivity index (χ0) is 34.0. The van der Waals surface area contributed by atoms with E-state index in [-0.39, 0.29) is 18.5 Å². The fraction of sp³-hybridized carbons (Fsp3) is 0.455. The highest BCUT2D eigenvalue weighted by Crippen LogP contribution is 2.42. The molecule has 2 aliphatic rings. The second-order valence-corrected chi connectivity index (χ2v) is 11.4. The van der Waals surface area contributed by atoms with E-state index < -0.39 is 53.4 Å². The number of ether oxygens (including phenoxy) is 2. The van der Waals surface area contributed by atoms with Gasteiger partial charge in [0.25, 0.3) is 0 Å². The van der Waals surface area contributed by atoms with Crippen LogP contribution >= 0.6 is 0 Å². The van der Waals surface area contributed by atoms with Crippen molar-refractivity contribution < 1.29 is 45.7 Å². The molecular formula is C33H37F6N3O4. The Hall–Kier alpha value is -4.00.